The van der Waals surface area contributed by atoms with Crippen LogP contribution in [0, 0.1) is 0 Å². The molecule has 2 heterocycles. The summed E-state index contributed by atoms with van der Waals surface area (Å²) in [6.45, 7) is 3.37. The molecule has 2 rings (SSSR count). The quantitative estimate of drug-likeness (QED) is 0.858. The number of carboxylic acid groups (broad SMARTS) is 1. The summed E-state index contributed by atoms with van der Waals surface area (Å²) in [6, 6.07) is 1.90. The molecule has 7 heteroatoms. The highest BCUT2D eigenvalue weighted by atomic mass is 32.1. The number of rotatable bonds is 5. The van der Waals surface area contributed by atoms with Gasteiger partial charge in [0.2, 0.25) is 11.7 Å². The Bertz CT molecular complexity index is 533. The topological polar surface area (TPSA) is 88.3 Å². The molecule has 6 nitrogen and oxygen atoms in total. The van der Waals surface area contributed by atoms with E-state index in [0.717, 1.165) is 5.56 Å². The minimum Gasteiger partial charge on any atom is -0.480 e. The van der Waals surface area contributed by atoms with Crippen molar-refractivity contribution in [1.82, 2.24) is 15.5 Å². The van der Waals surface area contributed by atoms with E-state index in [9.17, 15) is 4.79 Å². The van der Waals surface area contributed by atoms with E-state index >= 15 is 0 Å². The number of aliphatic carboxylic acids is 1. The van der Waals surface area contributed by atoms with Gasteiger partial charge < -0.3 is 9.63 Å². The van der Waals surface area contributed by atoms with Crippen molar-refractivity contribution < 1.29 is 14.4 Å². The molecular formula is C11H13N3O3S. The zero-order chi connectivity index (χ0) is 13.2. The number of aromatic nitrogens is 2. The predicted molar refractivity (Wildman–Crippen MR) is 66.2 cm³/mol. The fourth-order valence-corrected chi connectivity index (χ4v) is 1.84. The van der Waals surface area contributed by atoms with E-state index in [0.29, 0.717) is 11.7 Å². The minimum absolute atomic E-state index is 0.219. The molecule has 0 spiro atoms. The Morgan fingerprint density at radius 3 is 3.00 bits per heavy atom. The first-order chi connectivity index (χ1) is 8.49. The Morgan fingerprint density at radius 1 is 1.61 bits per heavy atom. The van der Waals surface area contributed by atoms with Gasteiger partial charge in [-0.1, -0.05) is 5.16 Å². The highest BCUT2D eigenvalue weighted by Crippen LogP contribution is 2.18. The van der Waals surface area contributed by atoms with Gasteiger partial charge in [-0.15, -0.1) is 0 Å². The smallest absolute Gasteiger partial charge is 0.323 e. The maximum atomic E-state index is 10.9. The second-order valence-corrected chi connectivity index (χ2v) is 5.09. The van der Waals surface area contributed by atoms with Crippen LogP contribution in [-0.4, -0.2) is 26.8 Å². The van der Waals surface area contributed by atoms with Crippen LogP contribution in [-0.2, 0) is 11.3 Å². The molecule has 0 unspecified atom stereocenters. The lowest BCUT2D eigenvalue weighted by Crippen LogP contribution is -2.46. The van der Waals surface area contributed by atoms with E-state index in [1.54, 1.807) is 25.2 Å². The summed E-state index contributed by atoms with van der Waals surface area (Å²) >= 11 is 1.55. The summed E-state index contributed by atoms with van der Waals surface area (Å²) in [4.78, 5) is 15.1. The molecule has 0 amide bonds. The van der Waals surface area contributed by atoms with Crippen molar-refractivity contribution in [2.24, 2.45) is 0 Å². The number of hydrogen-bond acceptors (Lipinski definition) is 6. The maximum absolute atomic E-state index is 10.9. The number of nitrogens with one attached hydrogen (secondary N) is 1. The first kappa shape index (κ1) is 12.7. The van der Waals surface area contributed by atoms with Crippen LogP contribution in [0.25, 0.3) is 11.4 Å². The number of carbonyl (C=O) groups is 1. The lowest BCUT2D eigenvalue weighted by Gasteiger charge is -2.19. The Kier molecular flexibility index (Phi) is 3.44. The first-order valence-electron chi connectivity index (χ1n) is 5.32. The van der Waals surface area contributed by atoms with Gasteiger partial charge in [-0.2, -0.15) is 16.3 Å². The maximum Gasteiger partial charge on any atom is 0.323 e. The van der Waals surface area contributed by atoms with Gasteiger partial charge in [-0.05, 0) is 25.3 Å². The molecule has 2 N–H and O–H groups in total. The third-order valence-electron chi connectivity index (χ3n) is 2.46. The van der Waals surface area contributed by atoms with Gasteiger partial charge >= 0.3 is 5.97 Å². The minimum atomic E-state index is -1.03. The highest BCUT2D eigenvalue weighted by Gasteiger charge is 2.26. The summed E-state index contributed by atoms with van der Waals surface area (Å²) in [5.41, 5.74) is -0.135. The van der Waals surface area contributed by atoms with Crippen molar-refractivity contribution in [3.63, 3.8) is 0 Å². The van der Waals surface area contributed by atoms with E-state index in [2.05, 4.69) is 15.5 Å². The second-order valence-electron chi connectivity index (χ2n) is 4.31. The molecule has 0 radical (unpaired) electrons. The molecule has 18 heavy (non-hydrogen) atoms. The van der Waals surface area contributed by atoms with Crippen LogP contribution < -0.4 is 5.32 Å². The Hall–Kier alpha value is -1.73. The van der Waals surface area contributed by atoms with Gasteiger partial charge in [0, 0.05) is 10.9 Å². The van der Waals surface area contributed by atoms with Crippen molar-refractivity contribution in [3.05, 3.63) is 22.7 Å². The van der Waals surface area contributed by atoms with E-state index in [-0.39, 0.29) is 6.54 Å². The molecule has 0 aliphatic rings. The summed E-state index contributed by atoms with van der Waals surface area (Å²) in [5, 5.41) is 19.5. The number of thiophene rings is 1. The molecule has 0 saturated heterocycles. The lowest BCUT2D eigenvalue weighted by atomic mass is 10.1. The Morgan fingerprint density at radius 2 is 2.39 bits per heavy atom. The van der Waals surface area contributed by atoms with E-state index < -0.39 is 11.5 Å². The van der Waals surface area contributed by atoms with Crippen molar-refractivity contribution in [2.75, 3.05) is 0 Å². The third-order valence-corrected chi connectivity index (χ3v) is 3.15. The van der Waals surface area contributed by atoms with Gasteiger partial charge in [-0.3, -0.25) is 10.1 Å². The first-order valence-corrected chi connectivity index (χ1v) is 6.27. The molecule has 0 atom stereocenters. The average Bonchev–Trinajstić information content (AvgIpc) is 2.97. The monoisotopic (exact) mass is 267 g/mol. The van der Waals surface area contributed by atoms with Crippen LogP contribution in [0.1, 0.15) is 19.7 Å². The second kappa shape index (κ2) is 4.87. The number of nitrogens with zero attached hydrogens (tertiary/aromatic N) is 2. The molecule has 96 valence electrons. The van der Waals surface area contributed by atoms with E-state index in [4.69, 9.17) is 9.63 Å². The standard InChI is InChI=1S/C11H13N3O3S/c1-11(2,10(15)16)12-5-8-13-9(14-17-8)7-3-4-18-6-7/h3-4,6,12H,5H2,1-2H3,(H,15,16). The van der Waals surface area contributed by atoms with Crippen molar-refractivity contribution in [1.29, 1.82) is 0 Å². The molecule has 0 aliphatic carbocycles. The summed E-state index contributed by atoms with van der Waals surface area (Å²) in [6.07, 6.45) is 0. The van der Waals surface area contributed by atoms with Crippen LogP contribution in [0.15, 0.2) is 21.3 Å². The average molecular weight is 267 g/mol. The van der Waals surface area contributed by atoms with Gasteiger partial charge in [0.1, 0.15) is 5.54 Å². The molecule has 0 fully saturated rings. The molecule has 0 bridgehead atoms. The molecule has 0 aliphatic heterocycles. The van der Waals surface area contributed by atoms with E-state index in [1.165, 1.54) is 0 Å². The zero-order valence-corrected chi connectivity index (χ0v) is 10.8. The van der Waals surface area contributed by atoms with Crippen LogP contribution in [0.5, 0.6) is 0 Å². The van der Waals surface area contributed by atoms with Gasteiger partial charge in [0.25, 0.3) is 0 Å². The van der Waals surface area contributed by atoms with Crippen molar-refractivity contribution in [2.45, 2.75) is 25.9 Å². The van der Waals surface area contributed by atoms with Crippen molar-refractivity contribution >= 4 is 17.3 Å². The van der Waals surface area contributed by atoms with Gasteiger partial charge in [0.05, 0.1) is 6.54 Å². The Labute approximate surface area is 108 Å². The molecule has 2 aromatic heterocycles. The molecule has 2 aromatic rings. The highest BCUT2D eigenvalue weighted by molar-refractivity contribution is 7.08. The van der Waals surface area contributed by atoms with Crippen LogP contribution >= 0.6 is 11.3 Å². The van der Waals surface area contributed by atoms with Gasteiger partial charge in [0.15, 0.2) is 0 Å². The fourth-order valence-electron chi connectivity index (χ4n) is 1.21. The number of carboxylic acids is 1. The van der Waals surface area contributed by atoms with Gasteiger partial charge in [-0.25, -0.2) is 0 Å². The molecular weight excluding hydrogens is 254 g/mol. The Balaban J connectivity index is 2.02. The fraction of sp³-hybridized carbons (Fsp3) is 0.364. The SMILES string of the molecule is CC(C)(NCc1nc(-c2ccsc2)no1)C(=O)O. The zero-order valence-electron chi connectivity index (χ0n) is 10.0. The largest absolute Gasteiger partial charge is 0.480 e. The van der Waals surface area contributed by atoms with Crippen molar-refractivity contribution in [3.8, 4) is 11.4 Å². The van der Waals surface area contributed by atoms with Crippen LogP contribution in [0.2, 0.25) is 0 Å². The summed E-state index contributed by atoms with van der Waals surface area (Å²) in [5.74, 6) is -0.0493. The normalized spacial score (nSPS) is 11.7. The molecule has 0 aromatic carbocycles. The van der Waals surface area contributed by atoms with Crippen LogP contribution in [0.4, 0.5) is 0 Å². The van der Waals surface area contributed by atoms with E-state index in [1.807, 2.05) is 16.8 Å². The summed E-state index contributed by atoms with van der Waals surface area (Å²) in [7, 11) is 0. The molecule has 0 saturated carbocycles. The third kappa shape index (κ3) is 2.74. The predicted octanol–water partition coefficient (Wildman–Crippen LogP) is 1.75. The van der Waals surface area contributed by atoms with Crippen LogP contribution in [0.3, 0.4) is 0 Å². The number of hydrogen-bond donors (Lipinski definition) is 2. The summed E-state index contributed by atoms with van der Waals surface area (Å²) < 4.78 is 5.05. The lowest BCUT2D eigenvalue weighted by molar-refractivity contribution is -0.143.